The topological polar surface area (TPSA) is 85.3 Å². The van der Waals surface area contributed by atoms with Gasteiger partial charge < -0.3 is 19.6 Å². The summed E-state index contributed by atoms with van der Waals surface area (Å²) in [7, 11) is 5.22. The maximum atomic E-state index is 14.9. The van der Waals surface area contributed by atoms with Crippen molar-refractivity contribution in [3.63, 3.8) is 0 Å². The van der Waals surface area contributed by atoms with Crippen molar-refractivity contribution < 1.29 is 19.0 Å². The highest BCUT2D eigenvalue weighted by molar-refractivity contribution is 6.34. The molecule has 0 spiro atoms. The molecule has 41 heavy (non-hydrogen) atoms. The number of hydrogen-bond acceptors (Lipinski definition) is 8. The highest BCUT2D eigenvalue weighted by Crippen LogP contribution is 2.41. The van der Waals surface area contributed by atoms with Crippen LogP contribution in [0.3, 0.4) is 0 Å². The molecule has 218 valence electrons. The third-order valence-corrected chi connectivity index (χ3v) is 7.31. The van der Waals surface area contributed by atoms with Crippen LogP contribution in [-0.4, -0.2) is 84.2 Å². The predicted octanol–water partition coefficient (Wildman–Crippen LogP) is 5.23. The molecule has 1 aromatic carbocycles. The van der Waals surface area contributed by atoms with E-state index in [1.807, 2.05) is 20.2 Å². The van der Waals surface area contributed by atoms with Gasteiger partial charge in [0.1, 0.15) is 17.1 Å². The molecule has 0 bridgehead atoms. The normalized spacial score (nSPS) is 14.4. The number of nitrogens with zero attached hydrogens (tertiary/aromatic N) is 6. The molecule has 4 rings (SSSR count). The first-order chi connectivity index (χ1) is 19.4. The van der Waals surface area contributed by atoms with Gasteiger partial charge in [0, 0.05) is 81.6 Å². The van der Waals surface area contributed by atoms with Crippen molar-refractivity contribution in [3.05, 3.63) is 59.9 Å². The van der Waals surface area contributed by atoms with E-state index in [0.717, 1.165) is 37.9 Å². The summed E-state index contributed by atoms with van der Waals surface area (Å²) in [6.45, 7) is 9.85. The number of methoxy groups -OCH3 is 1. The highest BCUT2D eigenvalue weighted by Gasteiger charge is 2.28. The maximum absolute atomic E-state index is 14.9. The highest BCUT2D eigenvalue weighted by atomic mass is 35.5. The lowest BCUT2D eigenvalue weighted by molar-refractivity contribution is -0.107. The van der Waals surface area contributed by atoms with Crippen LogP contribution < -0.4 is 14.5 Å². The molecule has 1 N–H and O–H groups in total. The van der Waals surface area contributed by atoms with Crippen molar-refractivity contribution in [1.82, 2.24) is 19.8 Å². The number of halogens is 2. The van der Waals surface area contributed by atoms with Crippen molar-refractivity contribution in [3.8, 4) is 34.0 Å². The number of amides is 1. The van der Waals surface area contributed by atoms with Crippen LogP contribution in [0.1, 0.15) is 20.8 Å². The van der Waals surface area contributed by atoms with Crippen LogP contribution in [0.15, 0.2) is 48.9 Å². The van der Waals surface area contributed by atoms with Crippen molar-refractivity contribution in [2.75, 3.05) is 57.2 Å². The van der Waals surface area contributed by atoms with Crippen LogP contribution in [0, 0.1) is 5.95 Å². The molecule has 0 unspecified atom stereocenters. The number of carbonyl (C=O) groups excluding carboxylic acids is 1. The van der Waals surface area contributed by atoms with Gasteiger partial charge >= 0.3 is 0 Å². The summed E-state index contributed by atoms with van der Waals surface area (Å²) in [4.78, 5) is 27.8. The maximum Gasteiger partial charge on any atom is 0.237 e. The molecule has 3 aromatic rings. The molecule has 0 radical (unpaired) electrons. The average molecular weight is 583 g/mol. The number of rotatable bonds is 8. The van der Waals surface area contributed by atoms with Crippen LogP contribution in [0.5, 0.6) is 11.6 Å². The second-order valence-corrected chi connectivity index (χ2v) is 11.4. The number of aromatic nitrogens is 2. The largest absolute Gasteiger partial charge is 0.505 e. The zero-order valence-electron chi connectivity index (χ0n) is 24.2. The molecule has 1 saturated heterocycles. The molecule has 1 fully saturated rings. The lowest BCUT2D eigenvalue weighted by Gasteiger charge is -2.43. The Hall–Kier alpha value is -3.89. The van der Waals surface area contributed by atoms with E-state index >= 15 is 0 Å². The Labute approximate surface area is 245 Å². The third kappa shape index (κ3) is 6.71. The van der Waals surface area contributed by atoms with Gasteiger partial charge in [0.05, 0.1) is 17.8 Å². The van der Waals surface area contributed by atoms with Gasteiger partial charge in [0.2, 0.25) is 18.2 Å². The van der Waals surface area contributed by atoms with Crippen LogP contribution >= 0.6 is 11.6 Å². The molecule has 3 heterocycles. The van der Waals surface area contributed by atoms with Crippen molar-refractivity contribution in [2.24, 2.45) is 0 Å². The van der Waals surface area contributed by atoms with E-state index in [-0.39, 0.29) is 27.6 Å². The lowest BCUT2D eigenvalue weighted by atomic mass is 10.0. The Balaban J connectivity index is 1.70. The van der Waals surface area contributed by atoms with E-state index in [0.29, 0.717) is 29.1 Å². The van der Waals surface area contributed by atoms with Crippen LogP contribution in [-0.2, 0) is 4.79 Å². The summed E-state index contributed by atoms with van der Waals surface area (Å²) in [6.07, 6.45) is 5.43. The van der Waals surface area contributed by atoms with Crippen molar-refractivity contribution in [1.29, 1.82) is 0 Å². The summed E-state index contributed by atoms with van der Waals surface area (Å²) >= 11 is 6.52. The number of piperazine rings is 1. The second kappa shape index (κ2) is 12.3. The molecule has 9 nitrogen and oxygen atoms in total. The lowest BCUT2D eigenvalue weighted by Crippen LogP contribution is -2.53. The van der Waals surface area contributed by atoms with E-state index in [2.05, 4.69) is 40.5 Å². The molecular formula is C30H36ClFN6O3. The Bertz CT molecular complexity index is 1430. The minimum absolute atomic E-state index is 0.0494. The first-order valence-corrected chi connectivity index (χ1v) is 13.6. The van der Waals surface area contributed by atoms with Gasteiger partial charge in [-0.2, -0.15) is 4.39 Å². The Morgan fingerprint density at radius 1 is 1.07 bits per heavy atom. The Morgan fingerprint density at radius 2 is 1.78 bits per heavy atom. The quantitative estimate of drug-likeness (QED) is 0.285. The summed E-state index contributed by atoms with van der Waals surface area (Å²) in [5.74, 6) is -0.544. The van der Waals surface area contributed by atoms with E-state index in [1.54, 1.807) is 42.6 Å². The summed E-state index contributed by atoms with van der Waals surface area (Å²) < 4.78 is 20.4. The van der Waals surface area contributed by atoms with Gasteiger partial charge in [-0.1, -0.05) is 17.7 Å². The van der Waals surface area contributed by atoms with Crippen molar-refractivity contribution >= 4 is 29.4 Å². The van der Waals surface area contributed by atoms with E-state index in [9.17, 15) is 14.3 Å². The molecule has 2 aromatic heterocycles. The Morgan fingerprint density at radius 3 is 2.37 bits per heavy atom. The molecule has 0 saturated carbocycles. The third-order valence-electron chi connectivity index (χ3n) is 7.01. The fourth-order valence-electron chi connectivity index (χ4n) is 4.76. The molecule has 1 aliphatic heterocycles. The number of anilines is 2. The fourth-order valence-corrected chi connectivity index (χ4v) is 5.04. The van der Waals surface area contributed by atoms with Gasteiger partial charge in [-0.15, -0.1) is 0 Å². The monoisotopic (exact) mass is 582 g/mol. The van der Waals surface area contributed by atoms with Gasteiger partial charge in [0.25, 0.3) is 0 Å². The summed E-state index contributed by atoms with van der Waals surface area (Å²) in [5.41, 5.74) is 2.42. The molecule has 1 aliphatic rings. The molecular weight excluding hydrogens is 547 g/mol. The first-order valence-electron chi connectivity index (χ1n) is 13.2. The minimum atomic E-state index is -0.771. The number of ether oxygens (including phenoxy) is 1. The van der Waals surface area contributed by atoms with Gasteiger partial charge in [-0.05, 0) is 44.5 Å². The van der Waals surface area contributed by atoms with Crippen LogP contribution in [0.25, 0.3) is 22.4 Å². The van der Waals surface area contributed by atoms with Crippen LogP contribution in [0.4, 0.5) is 15.8 Å². The number of pyridine rings is 2. The van der Waals surface area contributed by atoms with E-state index in [4.69, 9.17) is 16.3 Å². The van der Waals surface area contributed by atoms with Gasteiger partial charge in [0.15, 0.2) is 0 Å². The Kier molecular flexibility index (Phi) is 9.04. The number of hydrogen-bond donors (Lipinski definition) is 1. The standard InChI is InChI=1S/C30H36ClFN6O3/c1-30(2,3)38-13-11-36(12-14-38)25-16-21(18-33-29(25)41-6)27-28(40)22(17-26(32)34-27)20-7-8-24(23(31)15-20)37(19-39)10-9-35(4)5/h7-10,15-19,40H,11-14H2,1-6H3/b10-9-. The minimum Gasteiger partial charge on any atom is -0.505 e. The van der Waals surface area contributed by atoms with E-state index in [1.165, 1.54) is 11.1 Å². The first kappa shape index (κ1) is 30.1. The zero-order chi connectivity index (χ0) is 29.9. The number of benzene rings is 1. The van der Waals surface area contributed by atoms with Crippen LogP contribution in [0.2, 0.25) is 5.02 Å². The number of aromatic hydroxyl groups is 1. The summed E-state index contributed by atoms with van der Waals surface area (Å²) in [5, 5.41) is 11.5. The predicted molar refractivity (Wildman–Crippen MR) is 161 cm³/mol. The molecule has 0 atom stereocenters. The molecule has 11 heteroatoms. The SMILES string of the molecule is COc1ncc(-c2nc(F)cc(-c3ccc(N(C=O)/C=C\N(C)C)c(Cl)c3)c2O)cc1N1CCN(C(C)(C)C)CC1. The molecule has 0 aliphatic carbocycles. The number of carbonyl (C=O) groups is 1. The van der Waals surface area contributed by atoms with Gasteiger partial charge in [-0.3, -0.25) is 14.6 Å². The zero-order valence-corrected chi connectivity index (χ0v) is 25.0. The average Bonchev–Trinajstić information content (AvgIpc) is 2.94. The van der Waals surface area contributed by atoms with Gasteiger partial charge in [-0.25, -0.2) is 9.97 Å². The fraction of sp³-hybridized carbons (Fsp3) is 0.367. The summed E-state index contributed by atoms with van der Waals surface area (Å²) in [6, 6.07) is 7.83. The second-order valence-electron chi connectivity index (χ2n) is 11.0. The van der Waals surface area contributed by atoms with E-state index < -0.39 is 5.95 Å². The smallest absolute Gasteiger partial charge is 0.237 e. The molecule has 1 amide bonds. The van der Waals surface area contributed by atoms with Crippen molar-refractivity contribution in [2.45, 2.75) is 26.3 Å².